The summed E-state index contributed by atoms with van der Waals surface area (Å²) in [6.45, 7) is 13.5. The highest BCUT2D eigenvalue weighted by atomic mass is 16.6. The van der Waals surface area contributed by atoms with Gasteiger partial charge < -0.3 is 24.6 Å². The molecule has 2 rings (SSSR count). The average Bonchev–Trinajstić information content (AvgIpc) is 2.83. The predicted molar refractivity (Wildman–Crippen MR) is 154 cm³/mol. The van der Waals surface area contributed by atoms with Gasteiger partial charge in [0.05, 0.1) is 13.2 Å². The molecule has 0 aliphatic heterocycles. The molecule has 0 saturated heterocycles. The first kappa shape index (κ1) is 31.5. The molecule has 0 aliphatic carbocycles. The smallest absolute Gasteiger partial charge is 0.408 e. The first-order valence-corrected chi connectivity index (χ1v) is 14.1. The van der Waals surface area contributed by atoms with Crippen molar-refractivity contribution in [1.29, 1.82) is 0 Å². The van der Waals surface area contributed by atoms with Crippen LogP contribution in [0.15, 0.2) is 48.5 Å². The number of alkyl carbamates (subject to hydrolysis) is 1. The third-order valence-electron chi connectivity index (χ3n) is 6.23. The summed E-state index contributed by atoms with van der Waals surface area (Å²) < 4.78 is 17.2. The van der Waals surface area contributed by atoms with Crippen molar-refractivity contribution in [2.45, 2.75) is 104 Å². The number of amides is 1. The normalized spacial score (nSPS) is 12.7. The van der Waals surface area contributed by atoms with Crippen LogP contribution in [0.2, 0.25) is 0 Å². The zero-order valence-electron chi connectivity index (χ0n) is 24.3. The topological polar surface area (TPSA) is 77.0 Å². The van der Waals surface area contributed by atoms with Crippen molar-refractivity contribution in [2.75, 3.05) is 19.8 Å². The van der Waals surface area contributed by atoms with E-state index in [0.29, 0.717) is 24.9 Å². The Balaban J connectivity index is 1.52. The minimum Gasteiger partial charge on any atom is -0.508 e. The number of ether oxygens (including phenoxy) is 3. The summed E-state index contributed by atoms with van der Waals surface area (Å²) in [5.74, 6) is 1.52. The van der Waals surface area contributed by atoms with Gasteiger partial charge in [-0.2, -0.15) is 0 Å². The first-order valence-electron chi connectivity index (χ1n) is 14.1. The Morgan fingerprint density at radius 2 is 1.34 bits per heavy atom. The highest BCUT2D eigenvalue weighted by Crippen LogP contribution is 2.30. The molecule has 0 saturated carbocycles. The lowest BCUT2D eigenvalue weighted by Gasteiger charge is -2.28. The highest BCUT2D eigenvalue weighted by Gasteiger charge is 2.25. The van der Waals surface area contributed by atoms with Crippen LogP contribution in [-0.4, -0.2) is 42.2 Å². The summed E-state index contributed by atoms with van der Waals surface area (Å²) in [7, 11) is 0. The number of benzene rings is 2. The van der Waals surface area contributed by atoms with Crippen LogP contribution in [0.5, 0.6) is 11.5 Å². The van der Waals surface area contributed by atoms with E-state index < -0.39 is 11.7 Å². The van der Waals surface area contributed by atoms with Crippen molar-refractivity contribution in [3.05, 3.63) is 59.7 Å². The molecule has 2 aromatic rings. The fraction of sp³-hybridized carbons (Fsp3) is 0.594. The van der Waals surface area contributed by atoms with Gasteiger partial charge in [-0.25, -0.2) is 4.79 Å². The van der Waals surface area contributed by atoms with E-state index in [-0.39, 0.29) is 5.54 Å². The summed E-state index contributed by atoms with van der Waals surface area (Å²) in [4.78, 5) is 11.9. The highest BCUT2D eigenvalue weighted by molar-refractivity contribution is 5.68. The van der Waals surface area contributed by atoms with E-state index in [1.807, 2.05) is 46.8 Å². The lowest BCUT2D eigenvalue weighted by atomic mass is 9.89. The predicted octanol–water partition coefficient (Wildman–Crippen LogP) is 7.97. The first-order chi connectivity index (χ1) is 18.0. The lowest BCUT2D eigenvalue weighted by Crippen LogP contribution is -2.45. The van der Waals surface area contributed by atoms with Crippen LogP contribution < -0.4 is 10.1 Å². The van der Waals surface area contributed by atoms with Gasteiger partial charge in [0.2, 0.25) is 0 Å². The van der Waals surface area contributed by atoms with Crippen LogP contribution >= 0.6 is 0 Å². The maximum Gasteiger partial charge on any atom is 0.408 e. The summed E-state index contributed by atoms with van der Waals surface area (Å²) in [5, 5.41) is 12.4. The third kappa shape index (κ3) is 12.7. The Kier molecular flexibility index (Phi) is 12.9. The third-order valence-corrected chi connectivity index (χ3v) is 6.23. The number of carbonyl (C=O) groups excluding carboxylic acids is 1. The molecular formula is C32H49NO5. The molecule has 0 bridgehead atoms. The molecule has 2 aromatic carbocycles. The fourth-order valence-corrected chi connectivity index (χ4v) is 4.30. The Labute approximate surface area is 230 Å². The molecule has 0 aliphatic rings. The zero-order chi connectivity index (χ0) is 28.0. The molecule has 6 nitrogen and oxygen atoms in total. The number of carbonyl (C=O) groups is 1. The molecule has 1 amide bonds. The monoisotopic (exact) mass is 527 g/mol. The Morgan fingerprint density at radius 1 is 0.816 bits per heavy atom. The molecule has 1 atom stereocenters. The Morgan fingerprint density at radius 3 is 1.89 bits per heavy atom. The number of phenolic OH excluding ortho intramolecular Hbond substituents is 1. The number of rotatable bonds is 16. The van der Waals surface area contributed by atoms with Gasteiger partial charge in [-0.15, -0.1) is 0 Å². The van der Waals surface area contributed by atoms with Gasteiger partial charge in [-0.3, -0.25) is 0 Å². The molecule has 0 radical (unpaired) electrons. The van der Waals surface area contributed by atoms with Crippen molar-refractivity contribution in [2.24, 2.45) is 0 Å². The SMILES string of the molecule is CCC(c1ccc(O)cc1)c1ccc(OCCCCCCCCOCC(C)(C)OC(=O)NC(C)(C)C)cc1. The van der Waals surface area contributed by atoms with Crippen molar-refractivity contribution in [1.82, 2.24) is 5.32 Å². The van der Waals surface area contributed by atoms with E-state index in [2.05, 4.69) is 36.5 Å². The molecule has 0 fully saturated rings. The maximum absolute atomic E-state index is 11.9. The van der Waals surface area contributed by atoms with Gasteiger partial charge in [-0.1, -0.05) is 56.9 Å². The second kappa shape index (κ2) is 15.6. The van der Waals surface area contributed by atoms with E-state index in [1.54, 1.807) is 12.1 Å². The lowest BCUT2D eigenvalue weighted by molar-refractivity contribution is -0.0353. The van der Waals surface area contributed by atoms with Crippen molar-refractivity contribution >= 4 is 6.09 Å². The van der Waals surface area contributed by atoms with Crippen LogP contribution in [0.3, 0.4) is 0 Å². The second-order valence-corrected chi connectivity index (χ2v) is 11.7. The second-order valence-electron chi connectivity index (χ2n) is 11.7. The van der Waals surface area contributed by atoms with Crippen LogP contribution in [0.1, 0.15) is 104 Å². The van der Waals surface area contributed by atoms with Gasteiger partial charge in [0.25, 0.3) is 0 Å². The minimum absolute atomic E-state index is 0.298. The van der Waals surface area contributed by atoms with Crippen LogP contribution in [0, 0.1) is 0 Å². The molecule has 212 valence electrons. The summed E-state index contributed by atoms with van der Waals surface area (Å²) in [6.07, 6.45) is 7.30. The summed E-state index contributed by atoms with van der Waals surface area (Å²) in [6, 6.07) is 15.9. The summed E-state index contributed by atoms with van der Waals surface area (Å²) >= 11 is 0. The standard InChI is InChI=1S/C32H49NO5/c1-7-29(25-14-18-27(34)19-15-25)26-16-20-28(21-17-26)37-23-13-11-9-8-10-12-22-36-24-32(5,6)38-30(35)33-31(2,3)4/h14-21,29,34H,7-13,22-24H2,1-6H3,(H,33,35). The maximum atomic E-state index is 11.9. The molecule has 0 spiro atoms. The molecule has 0 heterocycles. The van der Waals surface area contributed by atoms with Crippen molar-refractivity contribution in [3.63, 3.8) is 0 Å². The minimum atomic E-state index is -0.653. The van der Waals surface area contributed by atoms with Crippen LogP contribution in [0.25, 0.3) is 0 Å². The molecule has 6 heteroatoms. The van der Waals surface area contributed by atoms with Crippen LogP contribution in [-0.2, 0) is 9.47 Å². The summed E-state index contributed by atoms with van der Waals surface area (Å²) in [5.41, 5.74) is 1.50. The van der Waals surface area contributed by atoms with Crippen LogP contribution in [0.4, 0.5) is 4.79 Å². The van der Waals surface area contributed by atoms with E-state index in [0.717, 1.165) is 44.5 Å². The van der Waals surface area contributed by atoms with Gasteiger partial charge in [0.15, 0.2) is 0 Å². The zero-order valence-corrected chi connectivity index (χ0v) is 24.3. The number of aromatic hydroxyl groups is 1. The fourth-order valence-electron chi connectivity index (χ4n) is 4.30. The number of phenols is 1. The molecule has 2 N–H and O–H groups in total. The molecule has 38 heavy (non-hydrogen) atoms. The van der Waals surface area contributed by atoms with Gasteiger partial charge in [0, 0.05) is 18.1 Å². The van der Waals surface area contributed by atoms with E-state index in [9.17, 15) is 9.90 Å². The Bertz CT molecular complexity index is 932. The van der Waals surface area contributed by atoms with Gasteiger partial charge in [-0.05, 0) is 89.3 Å². The average molecular weight is 528 g/mol. The van der Waals surface area contributed by atoms with E-state index in [4.69, 9.17) is 14.2 Å². The largest absolute Gasteiger partial charge is 0.508 e. The molecular weight excluding hydrogens is 478 g/mol. The molecule has 1 unspecified atom stereocenters. The number of unbranched alkanes of at least 4 members (excludes halogenated alkanes) is 5. The Hall–Kier alpha value is -2.73. The number of hydrogen-bond donors (Lipinski definition) is 2. The quantitative estimate of drug-likeness (QED) is 0.216. The van der Waals surface area contributed by atoms with Crippen molar-refractivity contribution < 1.29 is 24.1 Å². The van der Waals surface area contributed by atoms with E-state index >= 15 is 0 Å². The molecule has 0 aromatic heterocycles. The van der Waals surface area contributed by atoms with Crippen molar-refractivity contribution in [3.8, 4) is 11.5 Å². The van der Waals surface area contributed by atoms with Gasteiger partial charge in [0.1, 0.15) is 17.1 Å². The van der Waals surface area contributed by atoms with E-state index in [1.165, 1.54) is 24.0 Å². The van der Waals surface area contributed by atoms with Gasteiger partial charge >= 0.3 is 6.09 Å². The number of nitrogens with one attached hydrogen (secondary N) is 1. The number of hydrogen-bond acceptors (Lipinski definition) is 5.